The van der Waals surface area contributed by atoms with Crippen LogP contribution in [0.2, 0.25) is 0 Å². The van der Waals surface area contributed by atoms with Crippen LogP contribution < -0.4 is 0 Å². The van der Waals surface area contributed by atoms with E-state index in [-0.39, 0.29) is 17.7 Å². The van der Waals surface area contributed by atoms with Gasteiger partial charge in [-0.15, -0.1) is 0 Å². The molecule has 2 amide bonds. The Kier molecular flexibility index (Phi) is 5.64. The molecule has 0 atom stereocenters. The zero-order chi connectivity index (χ0) is 22.1. The lowest BCUT2D eigenvalue weighted by Crippen LogP contribution is -2.27. The number of amides is 2. The average molecular weight is 458 g/mol. The van der Waals surface area contributed by atoms with Crippen LogP contribution >= 0.6 is 23.5 Å². The molecule has 2 heterocycles. The van der Waals surface area contributed by atoms with Crippen LogP contribution in [-0.4, -0.2) is 16.0 Å². The van der Waals surface area contributed by atoms with Crippen molar-refractivity contribution in [3.05, 3.63) is 101 Å². The fourth-order valence-corrected chi connectivity index (χ4v) is 5.15. The molecule has 6 heteroatoms. The first-order valence-corrected chi connectivity index (χ1v) is 11.8. The maximum absolute atomic E-state index is 13.0. The fraction of sp³-hybridized carbons (Fsp3) is 0.0769. The summed E-state index contributed by atoms with van der Waals surface area (Å²) in [5, 5.41) is 2.59. The summed E-state index contributed by atoms with van der Waals surface area (Å²) in [6, 6.07) is 25.8. The molecule has 4 aromatic rings. The average Bonchev–Trinajstić information content (AvgIpc) is 3.35. The number of nitrogens with zero attached hydrogens (tertiary/aromatic N) is 1. The van der Waals surface area contributed by atoms with Crippen molar-refractivity contribution in [3.63, 3.8) is 0 Å². The lowest BCUT2D eigenvalue weighted by atomic mass is 10.0. The SMILES string of the molecule is Cc1ccc(Sc2ccc(/C=C3/SC(=O)N(Cc4cccc5ccccc45)C3=O)o2)cc1. The highest BCUT2D eigenvalue weighted by Crippen LogP contribution is 2.36. The molecule has 0 aliphatic carbocycles. The molecule has 0 unspecified atom stereocenters. The van der Waals surface area contributed by atoms with Gasteiger partial charge in [-0.3, -0.25) is 14.5 Å². The summed E-state index contributed by atoms with van der Waals surface area (Å²) < 4.78 is 5.87. The van der Waals surface area contributed by atoms with Gasteiger partial charge in [0.1, 0.15) is 5.76 Å². The smallest absolute Gasteiger partial charge is 0.293 e. The van der Waals surface area contributed by atoms with E-state index in [2.05, 4.69) is 12.1 Å². The Morgan fingerprint density at radius 2 is 1.72 bits per heavy atom. The van der Waals surface area contributed by atoms with Crippen LogP contribution in [0.5, 0.6) is 0 Å². The van der Waals surface area contributed by atoms with E-state index in [1.54, 1.807) is 6.08 Å². The molecule has 1 aliphatic rings. The Balaban J connectivity index is 1.33. The van der Waals surface area contributed by atoms with E-state index in [1.165, 1.54) is 22.2 Å². The van der Waals surface area contributed by atoms with E-state index >= 15 is 0 Å². The minimum Gasteiger partial charge on any atom is -0.450 e. The Morgan fingerprint density at radius 1 is 0.938 bits per heavy atom. The number of hydrogen-bond donors (Lipinski definition) is 0. The van der Waals surface area contributed by atoms with Gasteiger partial charge in [-0.1, -0.05) is 71.9 Å². The molecule has 4 nitrogen and oxygen atoms in total. The summed E-state index contributed by atoms with van der Waals surface area (Å²) in [4.78, 5) is 28.3. The van der Waals surface area contributed by atoms with E-state index in [4.69, 9.17) is 4.42 Å². The molecule has 0 radical (unpaired) electrons. The number of aryl methyl sites for hydroxylation is 1. The van der Waals surface area contributed by atoms with E-state index in [1.807, 2.05) is 73.7 Å². The lowest BCUT2D eigenvalue weighted by Gasteiger charge is -2.14. The van der Waals surface area contributed by atoms with Crippen molar-refractivity contribution in [2.45, 2.75) is 23.5 Å². The fourth-order valence-electron chi connectivity index (χ4n) is 3.56. The molecule has 0 N–H and O–H groups in total. The molecule has 158 valence electrons. The number of carbonyl (C=O) groups is 2. The Morgan fingerprint density at radius 3 is 2.56 bits per heavy atom. The van der Waals surface area contributed by atoms with Gasteiger partial charge in [-0.2, -0.15) is 0 Å². The number of hydrogen-bond acceptors (Lipinski definition) is 5. The second kappa shape index (κ2) is 8.73. The minimum atomic E-state index is -0.294. The normalized spacial score (nSPS) is 15.3. The second-order valence-corrected chi connectivity index (χ2v) is 9.55. The van der Waals surface area contributed by atoms with Crippen LogP contribution in [0.4, 0.5) is 4.79 Å². The summed E-state index contributed by atoms with van der Waals surface area (Å²) in [6.07, 6.45) is 1.65. The first kappa shape index (κ1) is 20.7. The van der Waals surface area contributed by atoms with Crippen LogP contribution in [0.3, 0.4) is 0 Å². The van der Waals surface area contributed by atoms with Crippen molar-refractivity contribution in [3.8, 4) is 0 Å². The highest BCUT2D eigenvalue weighted by molar-refractivity contribution is 8.18. The molecule has 3 aromatic carbocycles. The number of fused-ring (bicyclic) bond motifs is 1. The molecule has 0 spiro atoms. The third-order valence-corrected chi connectivity index (χ3v) is 7.03. The van der Waals surface area contributed by atoms with Crippen LogP contribution in [0.25, 0.3) is 16.8 Å². The summed E-state index contributed by atoms with van der Waals surface area (Å²) >= 11 is 2.46. The third-order valence-electron chi connectivity index (χ3n) is 5.20. The third kappa shape index (κ3) is 4.24. The highest BCUT2D eigenvalue weighted by Gasteiger charge is 2.35. The molecule has 1 saturated heterocycles. The van der Waals surface area contributed by atoms with Gasteiger partial charge in [0.2, 0.25) is 0 Å². The predicted octanol–water partition coefficient (Wildman–Crippen LogP) is 7.13. The van der Waals surface area contributed by atoms with Crippen molar-refractivity contribution in [1.82, 2.24) is 4.90 Å². The van der Waals surface area contributed by atoms with Crippen LogP contribution in [-0.2, 0) is 11.3 Å². The maximum atomic E-state index is 13.0. The van der Waals surface area contributed by atoms with Crippen molar-refractivity contribution < 1.29 is 14.0 Å². The van der Waals surface area contributed by atoms with Gasteiger partial charge in [0.05, 0.1) is 11.4 Å². The molecule has 32 heavy (non-hydrogen) atoms. The Labute approximate surface area is 194 Å². The monoisotopic (exact) mass is 457 g/mol. The summed E-state index contributed by atoms with van der Waals surface area (Å²) in [5.74, 6) is 0.257. The van der Waals surface area contributed by atoms with Crippen LogP contribution in [0.15, 0.2) is 98.2 Å². The molecule has 5 rings (SSSR count). The van der Waals surface area contributed by atoms with Gasteiger partial charge in [0, 0.05) is 11.0 Å². The van der Waals surface area contributed by atoms with Gasteiger partial charge in [0.15, 0.2) is 5.09 Å². The number of imide groups is 1. The van der Waals surface area contributed by atoms with E-state index in [0.29, 0.717) is 10.7 Å². The summed E-state index contributed by atoms with van der Waals surface area (Å²) in [7, 11) is 0. The highest BCUT2D eigenvalue weighted by atomic mass is 32.2. The number of furan rings is 1. The summed E-state index contributed by atoms with van der Waals surface area (Å²) in [5.41, 5.74) is 2.15. The second-order valence-electron chi connectivity index (χ2n) is 7.48. The predicted molar refractivity (Wildman–Crippen MR) is 129 cm³/mol. The Hall–Kier alpha value is -3.22. The largest absolute Gasteiger partial charge is 0.450 e. The van der Waals surface area contributed by atoms with Crippen molar-refractivity contribution in [2.75, 3.05) is 0 Å². The first-order valence-electron chi connectivity index (χ1n) is 10.1. The number of benzene rings is 3. The van der Waals surface area contributed by atoms with E-state index in [0.717, 1.165) is 38.1 Å². The topological polar surface area (TPSA) is 50.5 Å². The quantitative estimate of drug-likeness (QED) is 0.298. The van der Waals surface area contributed by atoms with Gasteiger partial charge >= 0.3 is 0 Å². The number of carbonyl (C=O) groups excluding carboxylic acids is 2. The zero-order valence-corrected chi connectivity index (χ0v) is 18.9. The molecular weight excluding hydrogens is 438 g/mol. The van der Waals surface area contributed by atoms with Crippen molar-refractivity contribution in [2.24, 2.45) is 0 Å². The molecular formula is C26H19NO3S2. The van der Waals surface area contributed by atoms with Crippen LogP contribution in [0, 0.1) is 6.92 Å². The van der Waals surface area contributed by atoms with Crippen LogP contribution in [0.1, 0.15) is 16.9 Å². The molecule has 0 saturated carbocycles. The van der Waals surface area contributed by atoms with Crippen molar-refractivity contribution in [1.29, 1.82) is 0 Å². The van der Waals surface area contributed by atoms with E-state index < -0.39 is 0 Å². The van der Waals surface area contributed by atoms with Crippen molar-refractivity contribution >= 4 is 51.5 Å². The summed E-state index contributed by atoms with van der Waals surface area (Å²) in [6.45, 7) is 2.29. The standard InChI is InChI=1S/C26H19NO3S2/c1-17-9-12-21(13-10-17)31-24-14-11-20(30-24)15-23-25(28)27(26(29)32-23)16-19-7-4-6-18-5-2-3-8-22(18)19/h2-15H,16H2,1H3/b23-15+. The van der Waals surface area contributed by atoms with Gasteiger partial charge in [0.25, 0.3) is 11.1 Å². The van der Waals surface area contributed by atoms with Gasteiger partial charge < -0.3 is 4.42 Å². The number of rotatable bonds is 5. The Bertz CT molecular complexity index is 1350. The lowest BCUT2D eigenvalue weighted by molar-refractivity contribution is -0.123. The molecule has 1 aliphatic heterocycles. The first-order chi connectivity index (χ1) is 15.6. The number of thioether (sulfide) groups is 1. The van der Waals surface area contributed by atoms with Gasteiger partial charge in [-0.25, -0.2) is 0 Å². The van der Waals surface area contributed by atoms with Gasteiger partial charge in [-0.05, 0) is 59.3 Å². The zero-order valence-electron chi connectivity index (χ0n) is 17.3. The maximum Gasteiger partial charge on any atom is 0.293 e. The molecule has 0 bridgehead atoms. The molecule has 1 aromatic heterocycles. The van der Waals surface area contributed by atoms with E-state index in [9.17, 15) is 9.59 Å². The molecule has 1 fully saturated rings. The minimum absolute atomic E-state index is 0.246.